The molecule has 0 aliphatic carbocycles. The number of halogens is 4. The molecule has 2 aromatic rings. The predicted octanol–water partition coefficient (Wildman–Crippen LogP) is 4.04. The molecule has 0 heterocycles. The standard InChI is InChI=1S/C15H14F3NO2.ClH/c16-15(17,18)21-14-7-12(9-19)6-13(8-14)20-10-11-4-2-1-3-5-11;/h1-8H,9-10,19H2;1H. The van der Waals surface area contributed by atoms with E-state index in [1.54, 1.807) is 6.07 Å². The van der Waals surface area contributed by atoms with E-state index < -0.39 is 6.36 Å². The molecule has 0 aliphatic heterocycles. The van der Waals surface area contributed by atoms with Crippen molar-refractivity contribution >= 4 is 12.4 Å². The Kier molecular flexibility index (Phi) is 6.52. The summed E-state index contributed by atoms with van der Waals surface area (Å²) in [6.07, 6.45) is -4.75. The molecule has 3 nitrogen and oxygen atoms in total. The van der Waals surface area contributed by atoms with Crippen LogP contribution in [-0.2, 0) is 13.2 Å². The first-order chi connectivity index (χ1) is 9.96. The molecule has 2 N–H and O–H groups in total. The maximum Gasteiger partial charge on any atom is 0.573 e. The van der Waals surface area contributed by atoms with Crippen LogP contribution >= 0.6 is 12.4 Å². The number of rotatable bonds is 5. The van der Waals surface area contributed by atoms with Crippen LogP contribution in [0, 0.1) is 0 Å². The summed E-state index contributed by atoms with van der Waals surface area (Å²) in [7, 11) is 0. The van der Waals surface area contributed by atoms with E-state index in [-0.39, 0.29) is 37.1 Å². The van der Waals surface area contributed by atoms with E-state index in [9.17, 15) is 13.2 Å². The number of nitrogens with two attached hydrogens (primary N) is 1. The Morgan fingerprint density at radius 2 is 1.55 bits per heavy atom. The monoisotopic (exact) mass is 333 g/mol. The van der Waals surface area contributed by atoms with Gasteiger partial charge >= 0.3 is 6.36 Å². The normalized spacial score (nSPS) is 10.7. The van der Waals surface area contributed by atoms with Crippen LogP contribution in [0.2, 0.25) is 0 Å². The minimum atomic E-state index is -4.75. The van der Waals surface area contributed by atoms with Gasteiger partial charge in [0.25, 0.3) is 0 Å². The van der Waals surface area contributed by atoms with Gasteiger partial charge in [0.15, 0.2) is 0 Å². The van der Waals surface area contributed by atoms with Gasteiger partial charge in [0.1, 0.15) is 18.1 Å². The van der Waals surface area contributed by atoms with Crippen molar-refractivity contribution in [3.05, 3.63) is 59.7 Å². The van der Waals surface area contributed by atoms with Crippen molar-refractivity contribution in [1.82, 2.24) is 0 Å². The van der Waals surface area contributed by atoms with Crippen molar-refractivity contribution < 1.29 is 22.6 Å². The average molecular weight is 334 g/mol. The fourth-order valence-corrected chi connectivity index (χ4v) is 1.77. The highest BCUT2D eigenvalue weighted by atomic mass is 35.5. The van der Waals surface area contributed by atoms with E-state index in [0.717, 1.165) is 5.56 Å². The zero-order chi connectivity index (χ0) is 15.3. The van der Waals surface area contributed by atoms with E-state index in [2.05, 4.69) is 4.74 Å². The molecule has 0 atom stereocenters. The summed E-state index contributed by atoms with van der Waals surface area (Å²) in [4.78, 5) is 0. The lowest BCUT2D eigenvalue weighted by Gasteiger charge is -2.13. The first-order valence-electron chi connectivity index (χ1n) is 6.23. The SMILES string of the molecule is Cl.NCc1cc(OCc2ccccc2)cc(OC(F)(F)F)c1. The molecule has 0 amide bonds. The second kappa shape index (κ2) is 7.91. The Balaban J connectivity index is 0.00000242. The molecular formula is C15H15ClF3NO2. The summed E-state index contributed by atoms with van der Waals surface area (Å²) in [5.74, 6) is -0.0606. The molecule has 0 saturated carbocycles. The second-order valence-corrected chi connectivity index (χ2v) is 4.34. The second-order valence-electron chi connectivity index (χ2n) is 4.34. The van der Waals surface area contributed by atoms with Gasteiger partial charge < -0.3 is 15.2 Å². The third kappa shape index (κ3) is 5.83. The van der Waals surface area contributed by atoms with E-state index in [0.29, 0.717) is 5.56 Å². The summed E-state index contributed by atoms with van der Waals surface area (Å²) in [5.41, 5.74) is 6.88. The largest absolute Gasteiger partial charge is 0.573 e. The van der Waals surface area contributed by atoms with Crippen molar-refractivity contribution in [2.75, 3.05) is 0 Å². The summed E-state index contributed by atoms with van der Waals surface area (Å²) >= 11 is 0. The number of ether oxygens (including phenoxy) is 2. The third-order valence-corrected chi connectivity index (χ3v) is 2.66. The molecule has 0 spiro atoms. The summed E-state index contributed by atoms with van der Waals surface area (Å²) in [6.45, 7) is 0.344. The van der Waals surface area contributed by atoms with E-state index in [4.69, 9.17) is 10.5 Å². The third-order valence-electron chi connectivity index (χ3n) is 2.66. The van der Waals surface area contributed by atoms with Gasteiger partial charge in [0.05, 0.1) is 0 Å². The quantitative estimate of drug-likeness (QED) is 0.898. The van der Waals surface area contributed by atoms with Gasteiger partial charge in [-0.05, 0) is 23.3 Å². The molecule has 120 valence electrons. The predicted molar refractivity (Wildman–Crippen MR) is 79.0 cm³/mol. The maximum absolute atomic E-state index is 12.3. The van der Waals surface area contributed by atoms with Crippen LogP contribution in [0.3, 0.4) is 0 Å². The Hall–Kier alpha value is -1.92. The molecular weight excluding hydrogens is 319 g/mol. The van der Waals surface area contributed by atoms with Crippen molar-refractivity contribution in [2.24, 2.45) is 5.73 Å². The van der Waals surface area contributed by atoms with Crippen LogP contribution in [-0.4, -0.2) is 6.36 Å². The van der Waals surface area contributed by atoms with Gasteiger partial charge in [-0.3, -0.25) is 0 Å². The molecule has 22 heavy (non-hydrogen) atoms. The topological polar surface area (TPSA) is 44.5 Å². The van der Waals surface area contributed by atoms with Crippen LogP contribution < -0.4 is 15.2 Å². The van der Waals surface area contributed by atoms with Crippen molar-refractivity contribution in [3.63, 3.8) is 0 Å². The molecule has 0 aliphatic rings. The Morgan fingerprint density at radius 1 is 0.909 bits per heavy atom. The van der Waals surface area contributed by atoms with Gasteiger partial charge in [0.2, 0.25) is 0 Å². The van der Waals surface area contributed by atoms with Crippen LogP contribution in [0.15, 0.2) is 48.5 Å². The van der Waals surface area contributed by atoms with E-state index >= 15 is 0 Å². The minimum Gasteiger partial charge on any atom is -0.489 e. The highest BCUT2D eigenvalue weighted by Crippen LogP contribution is 2.28. The highest BCUT2D eigenvalue weighted by molar-refractivity contribution is 5.85. The summed E-state index contributed by atoms with van der Waals surface area (Å²) < 4.78 is 46.2. The fourth-order valence-electron chi connectivity index (χ4n) is 1.77. The molecule has 2 aromatic carbocycles. The Bertz CT molecular complexity index is 591. The first kappa shape index (κ1) is 18.1. The van der Waals surface area contributed by atoms with Crippen molar-refractivity contribution in [3.8, 4) is 11.5 Å². The van der Waals surface area contributed by atoms with Crippen LogP contribution in [0.4, 0.5) is 13.2 Å². The lowest BCUT2D eigenvalue weighted by Crippen LogP contribution is -2.17. The van der Waals surface area contributed by atoms with Crippen LogP contribution in [0.25, 0.3) is 0 Å². The molecule has 0 fully saturated rings. The van der Waals surface area contributed by atoms with Gasteiger partial charge in [0, 0.05) is 12.6 Å². The van der Waals surface area contributed by atoms with Gasteiger partial charge in [-0.25, -0.2) is 0 Å². The van der Waals surface area contributed by atoms with Crippen LogP contribution in [0.5, 0.6) is 11.5 Å². The molecule has 0 bridgehead atoms. The molecule has 2 rings (SSSR count). The van der Waals surface area contributed by atoms with E-state index in [1.165, 1.54) is 12.1 Å². The molecule has 7 heteroatoms. The van der Waals surface area contributed by atoms with Gasteiger partial charge in [-0.2, -0.15) is 0 Å². The lowest BCUT2D eigenvalue weighted by molar-refractivity contribution is -0.274. The molecule has 0 unspecified atom stereocenters. The molecule has 0 aromatic heterocycles. The maximum atomic E-state index is 12.3. The molecule has 0 saturated heterocycles. The number of hydrogen-bond acceptors (Lipinski definition) is 3. The Morgan fingerprint density at radius 3 is 2.14 bits per heavy atom. The minimum absolute atomic E-state index is 0. The van der Waals surface area contributed by atoms with Gasteiger partial charge in [-0.1, -0.05) is 30.3 Å². The smallest absolute Gasteiger partial charge is 0.489 e. The Labute approximate surface area is 132 Å². The average Bonchev–Trinajstić information content (AvgIpc) is 2.44. The summed E-state index contributed by atoms with van der Waals surface area (Å²) in [5, 5.41) is 0. The zero-order valence-corrected chi connectivity index (χ0v) is 12.3. The van der Waals surface area contributed by atoms with Crippen LogP contribution in [0.1, 0.15) is 11.1 Å². The van der Waals surface area contributed by atoms with E-state index in [1.807, 2.05) is 30.3 Å². The highest BCUT2D eigenvalue weighted by Gasteiger charge is 2.31. The van der Waals surface area contributed by atoms with Gasteiger partial charge in [-0.15, -0.1) is 25.6 Å². The number of benzene rings is 2. The first-order valence-corrected chi connectivity index (χ1v) is 6.23. The summed E-state index contributed by atoms with van der Waals surface area (Å²) in [6, 6.07) is 13.3. The number of hydrogen-bond donors (Lipinski definition) is 1. The number of alkyl halides is 3. The van der Waals surface area contributed by atoms with Crippen molar-refractivity contribution in [1.29, 1.82) is 0 Å². The molecule has 0 radical (unpaired) electrons. The van der Waals surface area contributed by atoms with Crippen molar-refractivity contribution in [2.45, 2.75) is 19.5 Å². The zero-order valence-electron chi connectivity index (χ0n) is 11.5. The fraction of sp³-hybridized carbons (Fsp3) is 0.200. The lowest BCUT2D eigenvalue weighted by atomic mass is 10.2.